The van der Waals surface area contributed by atoms with Crippen LogP contribution in [0.15, 0.2) is 54.6 Å². The third-order valence-electron chi connectivity index (χ3n) is 7.30. The molecule has 2 rings (SSSR count). The highest BCUT2D eigenvalue weighted by Crippen LogP contribution is 2.15. The van der Waals surface area contributed by atoms with Crippen molar-refractivity contribution in [3.05, 3.63) is 71.3 Å². The van der Waals surface area contributed by atoms with Gasteiger partial charge in [-0.1, -0.05) is 124 Å². The maximum atomic E-state index is 12.0. The van der Waals surface area contributed by atoms with Gasteiger partial charge in [-0.05, 0) is 69.7 Å². The van der Waals surface area contributed by atoms with E-state index in [9.17, 15) is 24.3 Å². The van der Waals surface area contributed by atoms with Crippen LogP contribution in [0.5, 0.6) is 0 Å². The lowest BCUT2D eigenvalue weighted by Gasteiger charge is -2.26. The zero-order chi connectivity index (χ0) is 39.8. The molecule has 0 aromatic heterocycles. The predicted octanol–water partition coefficient (Wildman–Crippen LogP) is 7.78. The van der Waals surface area contributed by atoms with Crippen LogP contribution in [0.3, 0.4) is 0 Å². The summed E-state index contributed by atoms with van der Waals surface area (Å²) in [4.78, 5) is 45.6. The van der Waals surface area contributed by atoms with Crippen molar-refractivity contribution in [2.45, 2.75) is 146 Å². The zero-order valence-electron chi connectivity index (χ0n) is 34.3. The first-order valence-electron chi connectivity index (χ1n) is 19.0. The number of ketones is 1. The maximum absolute atomic E-state index is 12.0. The molecule has 0 spiro atoms. The zero-order valence-corrected chi connectivity index (χ0v) is 34.3. The van der Waals surface area contributed by atoms with Crippen molar-refractivity contribution in [2.75, 3.05) is 13.6 Å². The number of rotatable bonds is 16. The van der Waals surface area contributed by atoms with Crippen LogP contribution >= 0.6 is 0 Å². The number of carbonyl (C=O) groups excluding carboxylic acids is 4. The van der Waals surface area contributed by atoms with Crippen molar-refractivity contribution >= 4 is 23.5 Å². The molecule has 2 aromatic rings. The molecule has 0 bridgehead atoms. The van der Waals surface area contributed by atoms with Crippen molar-refractivity contribution in [3.8, 4) is 0 Å². The molecule has 0 radical (unpaired) electrons. The highest BCUT2D eigenvalue weighted by molar-refractivity contribution is 5.98. The Balaban J connectivity index is -0.000000649. The van der Waals surface area contributed by atoms with Crippen molar-refractivity contribution in [2.24, 2.45) is 11.8 Å². The number of likely N-dealkylation sites (N-methyl/N-ethyl adjacent to an activating group) is 1. The fourth-order valence-corrected chi connectivity index (χ4v) is 4.58. The largest absolute Gasteiger partial charge is 0.391 e. The maximum Gasteiger partial charge on any atom is 0.252 e. The molecule has 3 unspecified atom stereocenters. The number of hydrogen-bond acceptors (Lipinski definition) is 6. The second kappa shape index (κ2) is 33.6. The number of aliphatic hydroxyl groups is 1. The average Bonchev–Trinajstić information content (AvgIpc) is 3.10. The molecule has 9 nitrogen and oxygen atoms in total. The lowest BCUT2D eigenvalue weighted by atomic mass is 9.92. The van der Waals surface area contributed by atoms with Crippen LogP contribution in [-0.2, 0) is 20.9 Å². The van der Waals surface area contributed by atoms with Gasteiger partial charge in [-0.3, -0.25) is 19.2 Å². The van der Waals surface area contributed by atoms with Crippen LogP contribution in [0, 0.1) is 18.8 Å². The molecule has 0 saturated carbocycles. The second-order valence-electron chi connectivity index (χ2n) is 12.9. The summed E-state index contributed by atoms with van der Waals surface area (Å²) in [5.74, 6) is 0.269. The molecule has 0 aliphatic rings. The topological polar surface area (TPSA) is 137 Å². The molecule has 292 valence electrons. The molecule has 9 heteroatoms. The van der Waals surface area contributed by atoms with E-state index in [0.717, 1.165) is 30.4 Å². The van der Waals surface area contributed by atoms with Crippen LogP contribution in [0.2, 0.25) is 0 Å². The minimum atomic E-state index is -0.472. The summed E-state index contributed by atoms with van der Waals surface area (Å²) in [7, 11) is 1.86. The number of benzene rings is 2. The van der Waals surface area contributed by atoms with Crippen LogP contribution in [-0.4, -0.2) is 60.4 Å². The van der Waals surface area contributed by atoms with E-state index >= 15 is 0 Å². The highest BCUT2D eigenvalue weighted by Gasteiger charge is 2.24. The van der Waals surface area contributed by atoms with Gasteiger partial charge in [0.05, 0.1) is 12.1 Å². The molecule has 5 N–H and O–H groups in total. The van der Waals surface area contributed by atoms with Gasteiger partial charge in [0.15, 0.2) is 5.78 Å². The van der Waals surface area contributed by atoms with E-state index in [0.29, 0.717) is 37.4 Å². The number of carbonyl (C=O) groups is 4. The van der Waals surface area contributed by atoms with Gasteiger partial charge in [0.25, 0.3) is 5.91 Å². The van der Waals surface area contributed by atoms with E-state index in [1.807, 2.05) is 97.1 Å². The van der Waals surface area contributed by atoms with Crippen LogP contribution in [0.1, 0.15) is 136 Å². The molecular weight excluding hydrogens is 640 g/mol. The van der Waals surface area contributed by atoms with Gasteiger partial charge in [0.2, 0.25) is 11.8 Å². The molecule has 51 heavy (non-hydrogen) atoms. The average molecular weight is 715 g/mol. The molecule has 3 amide bonds. The van der Waals surface area contributed by atoms with Gasteiger partial charge in [-0.2, -0.15) is 0 Å². The van der Waals surface area contributed by atoms with Gasteiger partial charge in [0, 0.05) is 37.5 Å². The molecule has 0 saturated heterocycles. The number of aliphatic hydroxyl groups excluding tert-OH is 1. The van der Waals surface area contributed by atoms with E-state index in [2.05, 4.69) is 49.0 Å². The molecule has 0 aliphatic carbocycles. The summed E-state index contributed by atoms with van der Waals surface area (Å²) >= 11 is 0. The number of hydrogen-bond donors (Lipinski definition) is 5. The quantitative estimate of drug-likeness (QED) is 0.121. The van der Waals surface area contributed by atoms with Crippen molar-refractivity contribution < 1.29 is 24.3 Å². The van der Waals surface area contributed by atoms with Crippen molar-refractivity contribution in [1.29, 1.82) is 0 Å². The van der Waals surface area contributed by atoms with Crippen molar-refractivity contribution in [1.82, 2.24) is 21.3 Å². The monoisotopic (exact) mass is 715 g/mol. The summed E-state index contributed by atoms with van der Waals surface area (Å²) in [5, 5.41) is 21.7. The summed E-state index contributed by atoms with van der Waals surface area (Å²) in [6, 6.07) is 16.9. The summed E-state index contributed by atoms with van der Waals surface area (Å²) in [6.07, 6.45) is 4.70. The lowest BCUT2D eigenvalue weighted by molar-refractivity contribution is -0.125. The Labute approximate surface area is 311 Å². The Hall–Kier alpha value is -3.56. The Morgan fingerprint density at radius 1 is 0.784 bits per heavy atom. The molecule has 4 atom stereocenters. The van der Waals surface area contributed by atoms with Gasteiger partial charge >= 0.3 is 0 Å². The number of amides is 3. The fraction of sp³-hybridized carbons (Fsp3) is 0.619. The SMILES string of the molecule is CC.CC(=O)NCc1ccccc1.CCC.CCCC(NC(=O)c1ccccc1C)C(C)=O.CCCNC(=O)C(C)CC(O)[C@H](CC(C)C)NC. The molecule has 2 aromatic carbocycles. The van der Waals surface area contributed by atoms with Crippen LogP contribution < -0.4 is 21.3 Å². The second-order valence-corrected chi connectivity index (χ2v) is 12.9. The van der Waals surface area contributed by atoms with Gasteiger partial charge < -0.3 is 26.4 Å². The van der Waals surface area contributed by atoms with E-state index in [1.165, 1.54) is 20.3 Å². The summed E-state index contributed by atoms with van der Waals surface area (Å²) in [6.45, 7) is 24.7. The van der Waals surface area contributed by atoms with Crippen LogP contribution in [0.25, 0.3) is 0 Å². The van der Waals surface area contributed by atoms with E-state index in [1.54, 1.807) is 6.07 Å². The fourth-order valence-electron chi connectivity index (χ4n) is 4.58. The van der Waals surface area contributed by atoms with Gasteiger partial charge in [-0.15, -0.1) is 0 Å². The molecule has 0 heterocycles. The first-order chi connectivity index (χ1) is 24.2. The predicted molar refractivity (Wildman–Crippen MR) is 215 cm³/mol. The third-order valence-corrected chi connectivity index (χ3v) is 7.30. The Bertz CT molecular complexity index is 1170. The molecule has 0 fully saturated rings. The minimum absolute atomic E-state index is 0.00813. The van der Waals surface area contributed by atoms with Crippen molar-refractivity contribution in [3.63, 3.8) is 0 Å². The highest BCUT2D eigenvalue weighted by atomic mass is 16.3. The van der Waals surface area contributed by atoms with Crippen LogP contribution in [0.4, 0.5) is 0 Å². The Morgan fingerprint density at radius 3 is 1.78 bits per heavy atom. The molecular formula is C42H74N4O5. The van der Waals surface area contributed by atoms with E-state index < -0.39 is 6.10 Å². The lowest BCUT2D eigenvalue weighted by Crippen LogP contribution is -2.41. The summed E-state index contributed by atoms with van der Waals surface area (Å²) < 4.78 is 0. The standard InChI is InChI=1S/C14H30N2O2.C14H19NO2.C9H11NO.C3H8.C2H6/c1-6-7-16-14(18)11(4)9-13(17)12(15-5)8-10(2)3;1-4-7-13(11(3)16)15-14(17)12-9-6-5-8-10(12)2;1-8(11)10-7-9-5-3-2-4-6-9;1-3-2;1-2/h10-13,15,17H,6-9H2,1-5H3,(H,16,18);5-6,8-9,13H,4,7H2,1-3H3,(H,15,17);2-6H,7H2,1H3,(H,10,11);3H2,1-2H3;1-2H3/t11?,12-,13?;;;;/m0..../s1. The first kappa shape index (κ1) is 51.8. The van der Waals surface area contributed by atoms with E-state index in [-0.39, 0.29) is 41.5 Å². The van der Waals surface area contributed by atoms with Gasteiger partial charge in [-0.25, -0.2) is 0 Å². The number of Topliss-reactive ketones (excluding diaryl/α,β-unsaturated/α-hetero) is 1. The number of aryl methyl sites for hydroxylation is 1. The smallest absolute Gasteiger partial charge is 0.252 e. The third kappa shape index (κ3) is 27.8. The normalized spacial score (nSPS) is 12.2. The van der Waals surface area contributed by atoms with Gasteiger partial charge in [0.1, 0.15) is 0 Å². The molecule has 0 aliphatic heterocycles. The minimum Gasteiger partial charge on any atom is -0.391 e. The number of nitrogens with one attached hydrogen (secondary N) is 4. The first-order valence-corrected chi connectivity index (χ1v) is 19.0. The summed E-state index contributed by atoms with van der Waals surface area (Å²) in [5.41, 5.74) is 2.68. The van der Waals surface area contributed by atoms with E-state index in [4.69, 9.17) is 0 Å². The Morgan fingerprint density at radius 2 is 1.33 bits per heavy atom. The Kier molecular flexibility index (Phi) is 34.1.